The first kappa shape index (κ1) is 23.3. The molecule has 0 aliphatic carbocycles. The first-order chi connectivity index (χ1) is 17.1. The Hall–Kier alpha value is -3.45. The van der Waals surface area contributed by atoms with E-state index in [9.17, 15) is 0 Å². The van der Waals surface area contributed by atoms with Crippen LogP contribution in [0.3, 0.4) is 0 Å². The number of piperidine rings is 1. The molecule has 0 unspecified atom stereocenters. The molecular weight excluding hydrogens is 434 g/mol. The fourth-order valence-corrected chi connectivity index (χ4v) is 5.30. The van der Waals surface area contributed by atoms with Gasteiger partial charge in [-0.3, -0.25) is 0 Å². The van der Waals surface area contributed by atoms with Crippen LogP contribution in [0.2, 0.25) is 0 Å². The van der Waals surface area contributed by atoms with Crippen LogP contribution in [0.4, 0.5) is 17.2 Å². The normalized spacial score (nSPS) is 14.7. The summed E-state index contributed by atoms with van der Waals surface area (Å²) in [4.78, 5) is 14.2. The molecule has 0 saturated carbocycles. The Labute approximate surface area is 207 Å². The Morgan fingerprint density at radius 2 is 1.57 bits per heavy atom. The average molecular weight is 470 g/mol. The lowest BCUT2D eigenvalue weighted by atomic mass is 10.0. The van der Waals surface area contributed by atoms with Crippen molar-refractivity contribution < 1.29 is 0 Å². The predicted molar refractivity (Wildman–Crippen MR) is 144 cm³/mol. The largest absolute Gasteiger partial charge is 0.371 e. The summed E-state index contributed by atoms with van der Waals surface area (Å²) in [6.07, 6.45) is 5.89. The minimum Gasteiger partial charge on any atom is -0.371 e. The van der Waals surface area contributed by atoms with Crippen LogP contribution in [0.25, 0.3) is 16.7 Å². The maximum Gasteiger partial charge on any atom is 0.168 e. The van der Waals surface area contributed by atoms with Gasteiger partial charge in [-0.15, -0.1) is 0 Å². The van der Waals surface area contributed by atoms with Gasteiger partial charge in [0.05, 0.1) is 17.3 Å². The Kier molecular flexibility index (Phi) is 6.68. The van der Waals surface area contributed by atoms with E-state index in [1.807, 2.05) is 10.9 Å². The molecule has 0 amide bonds. The third-order valence-electron chi connectivity index (χ3n) is 7.34. The second-order valence-electron chi connectivity index (χ2n) is 9.36. The molecule has 1 fully saturated rings. The van der Waals surface area contributed by atoms with Gasteiger partial charge in [-0.2, -0.15) is 5.10 Å². The van der Waals surface area contributed by atoms with Gasteiger partial charge >= 0.3 is 0 Å². The highest BCUT2D eigenvalue weighted by molar-refractivity contribution is 5.89. The lowest BCUT2D eigenvalue weighted by molar-refractivity contribution is 0.186. The molecule has 2 aromatic heterocycles. The summed E-state index contributed by atoms with van der Waals surface area (Å²) in [7, 11) is 0. The van der Waals surface area contributed by atoms with Gasteiger partial charge in [0, 0.05) is 30.5 Å². The Bertz CT molecular complexity index is 1260. The van der Waals surface area contributed by atoms with Crippen LogP contribution in [0.15, 0.2) is 55.0 Å². The van der Waals surface area contributed by atoms with E-state index in [1.54, 1.807) is 6.33 Å². The molecule has 2 aromatic carbocycles. The van der Waals surface area contributed by atoms with Crippen LogP contribution in [0.1, 0.15) is 37.8 Å². The minimum absolute atomic E-state index is 0.710. The molecule has 0 atom stereocenters. The van der Waals surface area contributed by atoms with Crippen LogP contribution < -0.4 is 10.2 Å². The summed E-state index contributed by atoms with van der Waals surface area (Å²) in [5.74, 6) is 0.770. The number of para-hydroxylation sites is 1. The number of anilines is 3. The monoisotopic (exact) mass is 469 g/mol. The van der Waals surface area contributed by atoms with Crippen LogP contribution in [0, 0.1) is 13.8 Å². The standard InChI is InChI=1S/C28H35N7/c1-5-33(6-2)23-14-16-34(17-15-23)22-10-12-24(13-11-22)35-28-25(18-31-35)27(29-19-30-28)32-26-20(3)8-7-9-21(26)4/h7-13,18-19,23H,5-6,14-17H2,1-4H3,(H,29,30,32). The molecule has 35 heavy (non-hydrogen) atoms. The fourth-order valence-electron chi connectivity index (χ4n) is 5.30. The zero-order valence-electron chi connectivity index (χ0n) is 21.2. The molecule has 4 aromatic rings. The van der Waals surface area contributed by atoms with E-state index in [1.165, 1.54) is 29.7 Å². The zero-order chi connectivity index (χ0) is 24.4. The highest BCUT2D eigenvalue weighted by atomic mass is 15.3. The Balaban J connectivity index is 1.35. The van der Waals surface area contributed by atoms with Gasteiger partial charge in [0.1, 0.15) is 12.1 Å². The SMILES string of the molecule is CCN(CC)C1CCN(c2ccc(-n3ncc4c(Nc5c(C)cccc5C)ncnc43)cc2)CC1. The van der Waals surface area contributed by atoms with Crippen LogP contribution in [-0.4, -0.2) is 56.9 Å². The molecule has 1 aliphatic rings. The number of hydrogen-bond donors (Lipinski definition) is 1. The number of benzene rings is 2. The van der Waals surface area contributed by atoms with Crippen LogP contribution in [-0.2, 0) is 0 Å². The molecule has 7 nitrogen and oxygen atoms in total. The van der Waals surface area contributed by atoms with Gasteiger partial charge in [-0.05, 0) is 75.2 Å². The number of aryl methyl sites for hydroxylation is 2. The number of hydrogen-bond acceptors (Lipinski definition) is 6. The van der Waals surface area contributed by atoms with Gasteiger partial charge in [0.15, 0.2) is 5.65 Å². The average Bonchev–Trinajstić information content (AvgIpc) is 3.33. The topological polar surface area (TPSA) is 62.1 Å². The van der Waals surface area contributed by atoms with Crippen molar-refractivity contribution >= 4 is 28.2 Å². The van der Waals surface area contributed by atoms with E-state index in [0.29, 0.717) is 6.04 Å². The first-order valence-electron chi connectivity index (χ1n) is 12.7. The van der Waals surface area contributed by atoms with Crippen LogP contribution >= 0.6 is 0 Å². The lowest BCUT2D eigenvalue weighted by Gasteiger charge is -2.38. The van der Waals surface area contributed by atoms with Crippen molar-refractivity contribution in [2.24, 2.45) is 0 Å². The third-order valence-corrected chi connectivity index (χ3v) is 7.34. The molecule has 0 radical (unpaired) electrons. The number of nitrogens with one attached hydrogen (secondary N) is 1. The van der Waals surface area contributed by atoms with Gasteiger partial charge in [0.2, 0.25) is 0 Å². The van der Waals surface area contributed by atoms with E-state index >= 15 is 0 Å². The lowest BCUT2D eigenvalue weighted by Crippen LogP contribution is -2.44. The fraction of sp³-hybridized carbons (Fsp3) is 0.393. The van der Waals surface area contributed by atoms with Crippen molar-refractivity contribution in [3.63, 3.8) is 0 Å². The van der Waals surface area contributed by atoms with Gasteiger partial charge in [-0.1, -0.05) is 32.0 Å². The van der Waals surface area contributed by atoms with E-state index in [2.05, 4.69) is 100 Å². The molecule has 0 bridgehead atoms. The van der Waals surface area contributed by atoms with Crippen molar-refractivity contribution in [3.8, 4) is 5.69 Å². The number of aromatic nitrogens is 4. The van der Waals surface area contributed by atoms with Crippen LogP contribution in [0.5, 0.6) is 0 Å². The maximum absolute atomic E-state index is 4.66. The van der Waals surface area contributed by atoms with Crippen molar-refractivity contribution in [1.82, 2.24) is 24.6 Å². The van der Waals surface area contributed by atoms with E-state index in [4.69, 9.17) is 0 Å². The minimum atomic E-state index is 0.710. The van der Waals surface area contributed by atoms with E-state index in [0.717, 1.165) is 54.4 Å². The van der Waals surface area contributed by atoms with E-state index < -0.39 is 0 Å². The molecule has 3 heterocycles. The Morgan fingerprint density at radius 3 is 2.23 bits per heavy atom. The van der Waals surface area contributed by atoms with Crippen molar-refractivity contribution in [1.29, 1.82) is 0 Å². The summed E-state index contributed by atoms with van der Waals surface area (Å²) in [6.45, 7) is 13.2. The van der Waals surface area contributed by atoms with Gasteiger partial charge in [0.25, 0.3) is 0 Å². The second-order valence-corrected chi connectivity index (χ2v) is 9.36. The van der Waals surface area contributed by atoms with Gasteiger partial charge < -0.3 is 15.1 Å². The van der Waals surface area contributed by atoms with E-state index in [-0.39, 0.29) is 0 Å². The summed E-state index contributed by atoms with van der Waals surface area (Å²) in [5, 5.41) is 9.06. The maximum atomic E-state index is 4.66. The first-order valence-corrected chi connectivity index (χ1v) is 12.7. The van der Waals surface area contributed by atoms with Crippen molar-refractivity contribution in [2.75, 3.05) is 36.4 Å². The number of rotatable bonds is 7. The second kappa shape index (κ2) is 10.0. The number of fused-ring (bicyclic) bond motifs is 1. The summed E-state index contributed by atoms with van der Waals surface area (Å²) < 4.78 is 1.89. The van der Waals surface area contributed by atoms with Crippen molar-refractivity contribution in [3.05, 3.63) is 66.1 Å². The highest BCUT2D eigenvalue weighted by Gasteiger charge is 2.23. The highest BCUT2D eigenvalue weighted by Crippen LogP contribution is 2.29. The zero-order valence-corrected chi connectivity index (χ0v) is 21.2. The molecule has 1 saturated heterocycles. The number of nitrogens with zero attached hydrogens (tertiary/aromatic N) is 6. The summed E-state index contributed by atoms with van der Waals surface area (Å²) in [6, 6.07) is 15.7. The smallest absolute Gasteiger partial charge is 0.168 e. The summed E-state index contributed by atoms with van der Waals surface area (Å²) >= 11 is 0. The molecular formula is C28H35N7. The molecule has 1 aliphatic heterocycles. The van der Waals surface area contributed by atoms with Gasteiger partial charge in [-0.25, -0.2) is 14.6 Å². The predicted octanol–water partition coefficient (Wildman–Crippen LogP) is 5.49. The quantitative estimate of drug-likeness (QED) is 0.386. The molecule has 182 valence electrons. The molecule has 5 rings (SSSR count). The Morgan fingerprint density at radius 1 is 0.914 bits per heavy atom. The molecule has 7 heteroatoms. The molecule has 0 spiro atoms. The van der Waals surface area contributed by atoms with Crippen molar-refractivity contribution in [2.45, 2.75) is 46.6 Å². The third kappa shape index (κ3) is 4.60. The molecule has 1 N–H and O–H groups in total. The summed E-state index contributed by atoms with van der Waals surface area (Å²) in [5.41, 5.74) is 6.51.